The largest absolute Gasteiger partial charge is 0.326 e. The molecule has 0 aliphatic carbocycles. The predicted molar refractivity (Wildman–Crippen MR) is 135 cm³/mol. The summed E-state index contributed by atoms with van der Waals surface area (Å²) in [6.45, 7) is 3.26. The number of amides is 3. The maximum absolute atomic E-state index is 12.6. The number of carbonyl (C=O) groups is 3. The average Bonchev–Trinajstić information content (AvgIpc) is 2.76. The molecule has 8 heteroatoms. The normalized spacial score (nSPS) is 11.4. The van der Waals surface area contributed by atoms with Crippen molar-refractivity contribution in [2.24, 2.45) is 0 Å². The Morgan fingerprint density at radius 1 is 0.848 bits per heavy atom. The van der Waals surface area contributed by atoms with E-state index in [0.717, 1.165) is 10.5 Å². The zero-order chi connectivity index (χ0) is 23.8. The molecular formula is C25H24ClN3O3S. The van der Waals surface area contributed by atoms with E-state index in [4.69, 9.17) is 11.6 Å². The zero-order valence-corrected chi connectivity index (χ0v) is 19.8. The summed E-state index contributed by atoms with van der Waals surface area (Å²) in [6, 6.07) is 21.5. The molecule has 0 aliphatic heterocycles. The minimum absolute atomic E-state index is 0.132. The molecule has 3 rings (SSSR count). The van der Waals surface area contributed by atoms with Gasteiger partial charge in [0.15, 0.2) is 0 Å². The third-order valence-electron chi connectivity index (χ3n) is 4.55. The van der Waals surface area contributed by atoms with Gasteiger partial charge in [0.2, 0.25) is 17.7 Å². The Bertz CT molecular complexity index is 1130. The molecule has 3 aromatic carbocycles. The molecule has 0 heterocycles. The second kappa shape index (κ2) is 11.5. The van der Waals surface area contributed by atoms with E-state index < -0.39 is 0 Å². The van der Waals surface area contributed by atoms with Gasteiger partial charge in [-0.2, -0.15) is 0 Å². The first-order chi connectivity index (χ1) is 15.8. The van der Waals surface area contributed by atoms with Crippen LogP contribution in [0.2, 0.25) is 5.02 Å². The molecule has 3 aromatic rings. The van der Waals surface area contributed by atoms with Gasteiger partial charge in [-0.1, -0.05) is 29.8 Å². The first-order valence-corrected chi connectivity index (χ1v) is 11.5. The summed E-state index contributed by atoms with van der Waals surface area (Å²) in [6.07, 6.45) is 0.244. The minimum atomic E-state index is -0.361. The lowest BCUT2D eigenvalue weighted by Gasteiger charge is -2.13. The van der Waals surface area contributed by atoms with Gasteiger partial charge in [0, 0.05) is 33.9 Å². The van der Waals surface area contributed by atoms with Gasteiger partial charge in [0.05, 0.1) is 11.7 Å². The van der Waals surface area contributed by atoms with Crippen LogP contribution >= 0.6 is 23.4 Å². The van der Waals surface area contributed by atoms with Crippen molar-refractivity contribution < 1.29 is 14.4 Å². The van der Waals surface area contributed by atoms with E-state index in [1.54, 1.807) is 36.4 Å². The summed E-state index contributed by atoms with van der Waals surface area (Å²) in [5.74, 6) is -0.433. The molecule has 0 fully saturated rings. The van der Waals surface area contributed by atoms with Crippen LogP contribution in [0.25, 0.3) is 0 Å². The number of nitrogens with one attached hydrogen (secondary N) is 3. The number of rotatable bonds is 8. The molecule has 6 nitrogen and oxygen atoms in total. The van der Waals surface area contributed by atoms with Gasteiger partial charge in [-0.3, -0.25) is 14.4 Å². The van der Waals surface area contributed by atoms with Crippen LogP contribution in [0.3, 0.4) is 0 Å². The van der Waals surface area contributed by atoms with Crippen LogP contribution in [0.5, 0.6) is 0 Å². The van der Waals surface area contributed by atoms with Gasteiger partial charge < -0.3 is 16.0 Å². The standard InChI is InChI=1S/C25H24ClN3O3S/c1-16(25(32)29-21-12-10-20(11-13-21)27-17(2)30)33-23-5-3-4-22(15-23)28-24(31)14-18-6-8-19(26)9-7-18/h3-13,15-16H,14H2,1-2H3,(H,27,30)(H,28,31)(H,29,32). The molecule has 0 bridgehead atoms. The van der Waals surface area contributed by atoms with Gasteiger partial charge in [-0.25, -0.2) is 0 Å². The van der Waals surface area contributed by atoms with Crippen LogP contribution in [0.4, 0.5) is 17.1 Å². The number of thioether (sulfide) groups is 1. The number of hydrogen-bond donors (Lipinski definition) is 3. The zero-order valence-electron chi connectivity index (χ0n) is 18.2. The molecule has 0 saturated carbocycles. The van der Waals surface area contributed by atoms with E-state index in [-0.39, 0.29) is 29.4 Å². The summed E-state index contributed by atoms with van der Waals surface area (Å²) in [5, 5.41) is 8.71. The van der Waals surface area contributed by atoms with E-state index in [1.165, 1.54) is 18.7 Å². The summed E-state index contributed by atoms with van der Waals surface area (Å²) in [4.78, 5) is 36.9. The van der Waals surface area contributed by atoms with E-state index in [2.05, 4.69) is 16.0 Å². The van der Waals surface area contributed by atoms with Crippen molar-refractivity contribution in [1.82, 2.24) is 0 Å². The summed E-state index contributed by atoms with van der Waals surface area (Å²) < 4.78 is 0. The van der Waals surface area contributed by atoms with Crippen LogP contribution in [-0.4, -0.2) is 23.0 Å². The third-order valence-corrected chi connectivity index (χ3v) is 5.90. The number of benzene rings is 3. The maximum atomic E-state index is 12.6. The SMILES string of the molecule is CC(=O)Nc1ccc(NC(=O)C(C)Sc2cccc(NC(=O)Cc3ccc(Cl)cc3)c2)cc1. The summed E-state index contributed by atoms with van der Waals surface area (Å²) in [7, 11) is 0. The van der Waals surface area contributed by atoms with Crippen molar-refractivity contribution >= 4 is 58.1 Å². The number of anilines is 3. The smallest absolute Gasteiger partial charge is 0.237 e. The Labute approximate surface area is 202 Å². The Morgan fingerprint density at radius 3 is 2.12 bits per heavy atom. The molecule has 0 spiro atoms. The first-order valence-electron chi connectivity index (χ1n) is 10.3. The summed E-state index contributed by atoms with van der Waals surface area (Å²) >= 11 is 7.28. The molecule has 3 N–H and O–H groups in total. The summed E-state index contributed by atoms with van der Waals surface area (Å²) in [5.41, 5.74) is 2.85. The van der Waals surface area contributed by atoms with Gasteiger partial charge in [0.1, 0.15) is 0 Å². The predicted octanol–water partition coefficient (Wildman–Crippen LogP) is 5.60. The van der Waals surface area contributed by atoms with Gasteiger partial charge in [-0.15, -0.1) is 11.8 Å². The van der Waals surface area contributed by atoms with Crippen LogP contribution < -0.4 is 16.0 Å². The number of carbonyl (C=O) groups excluding carboxylic acids is 3. The molecule has 170 valence electrons. The van der Waals surface area contributed by atoms with Crippen molar-refractivity contribution in [2.45, 2.75) is 30.4 Å². The Hall–Kier alpha value is -3.29. The lowest BCUT2D eigenvalue weighted by atomic mass is 10.1. The molecule has 1 unspecified atom stereocenters. The van der Waals surface area contributed by atoms with E-state index >= 15 is 0 Å². The molecular weight excluding hydrogens is 458 g/mol. The van der Waals surface area contributed by atoms with Crippen molar-refractivity contribution in [3.05, 3.63) is 83.4 Å². The second-order valence-corrected chi connectivity index (χ2v) is 9.24. The quantitative estimate of drug-likeness (QED) is 0.365. The fourth-order valence-corrected chi connectivity index (χ4v) is 4.03. The highest BCUT2D eigenvalue weighted by atomic mass is 35.5. The molecule has 0 aromatic heterocycles. The van der Waals surface area contributed by atoms with Crippen LogP contribution in [0.15, 0.2) is 77.7 Å². The second-order valence-electron chi connectivity index (χ2n) is 7.39. The molecule has 1 atom stereocenters. The van der Waals surface area contributed by atoms with Gasteiger partial charge >= 0.3 is 0 Å². The molecule has 0 saturated heterocycles. The molecule has 3 amide bonds. The van der Waals surface area contributed by atoms with E-state index in [0.29, 0.717) is 22.1 Å². The third kappa shape index (κ3) is 7.97. The van der Waals surface area contributed by atoms with E-state index in [9.17, 15) is 14.4 Å². The van der Waals surface area contributed by atoms with Gasteiger partial charge in [0.25, 0.3) is 0 Å². The first kappa shape index (κ1) is 24.4. The fourth-order valence-electron chi connectivity index (χ4n) is 2.98. The molecule has 0 aliphatic rings. The number of hydrogen-bond acceptors (Lipinski definition) is 4. The van der Waals surface area contributed by atoms with E-state index in [1.807, 2.05) is 43.3 Å². The fraction of sp³-hybridized carbons (Fsp3) is 0.160. The Kier molecular flexibility index (Phi) is 8.52. The maximum Gasteiger partial charge on any atom is 0.237 e. The van der Waals surface area contributed by atoms with Gasteiger partial charge in [-0.05, 0) is 67.1 Å². The monoisotopic (exact) mass is 481 g/mol. The highest BCUT2D eigenvalue weighted by Gasteiger charge is 2.15. The number of halogens is 1. The average molecular weight is 482 g/mol. The minimum Gasteiger partial charge on any atom is -0.326 e. The van der Waals surface area contributed by atoms with Crippen molar-refractivity contribution in [3.8, 4) is 0 Å². The lowest BCUT2D eigenvalue weighted by molar-refractivity contribution is -0.116. The molecule has 0 radical (unpaired) electrons. The van der Waals surface area contributed by atoms with Crippen LogP contribution in [0, 0.1) is 0 Å². The van der Waals surface area contributed by atoms with Crippen LogP contribution in [-0.2, 0) is 20.8 Å². The van der Waals surface area contributed by atoms with Crippen molar-refractivity contribution in [3.63, 3.8) is 0 Å². The lowest BCUT2D eigenvalue weighted by Crippen LogP contribution is -2.22. The Morgan fingerprint density at radius 2 is 1.48 bits per heavy atom. The van der Waals surface area contributed by atoms with Crippen molar-refractivity contribution in [1.29, 1.82) is 0 Å². The van der Waals surface area contributed by atoms with Crippen LogP contribution in [0.1, 0.15) is 19.4 Å². The van der Waals surface area contributed by atoms with Crippen molar-refractivity contribution in [2.75, 3.05) is 16.0 Å². The molecule has 33 heavy (non-hydrogen) atoms. The topological polar surface area (TPSA) is 87.3 Å². The highest BCUT2D eigenvalue weighted by molar-refractivity contribution is 8.00. The highest BCUT2D eigenvalue weighted by Crippen LogP contribution is 2.27. The Balaban J connectivity index is 1.54.